The lowest BCUT2D eigenvalue weighted by atomic mass is 9.96. The number of aryl methyl sites for hydroxylation is 2. The van der Waals surface area contributed by atoms with Crippen LogP contribution in [0.5, 0.6) is 0 Å². The number of aromatic nitrogens is 4. The van der Waals surface area contributed by atoms with Crippen molar-refractivity contribution in [3.05, 3.63) is 32.5 Å². The normalized spacial score (nSPS) is 15.6. The van der Waals surface area contributed by atoms with Crippen molar-refractivity contribution in [2.24, 2.45) is 7.05 Å². The van der Waals surface area contributed by atoms with Crippen LogP contribution >= 0.6 is 23.1 Å². The molecule has 0 spiro atoms. The van der Waals surface area contributed by atoms with Gasteiger partial charge in [0.05, 0.1) is 10.6 Å². The minimum Gasteiger partial charge on any atom is -0.338 e. The predicted molar refractivity (Wildman–Crippen MR) is 104 cm³/mol. The second-order valence-electron chi connectivity index (χ2n) is 7.76. The molecule has 3 aromatic heterocycles. The summed E-state index contributed by atoms with van der Waals surface area (Å²) >= 11 is 3.14. The molecule has 26 heavy (non-hydrogen) atoms. The van der Waals surface area contributed by atoms with Crippen molar-refractivity contribution in [1.82, 2.24) is 19.7 Å². The Labute approximate surface area is 160 Å². The summed E-state index contributed by atoms with van der Waals surface area (Å²) in [5.41, 5.74) is 1.10. The molecule has 1 aliphatic carbocycles. The van der Waals surface area contributed by atoms with E-state index in [1.54, 1.807) is 23.0 Å². The van der Waals surface area contributed by atoms with Crippen LogP contribution in [0.3, 0.4) is 0 Å². The van der Waals surface area contributed by atoms with Crippen molar-refractivity contribution in [2.75, 3.05) is 0 Å². The molecule has 0 bridgehead atoms. The van der Waals surface area contributed by atoms with Crippen LogP contribution in [0, 0.1) is 0 Å². The molecule has 1 unspecified atom stereocenters. The van der Waals surface area contributed by atoms with Gasteiger partial charge in [0.2, 0.25) is 5.89 Å². The van der Waals surface area contributed by atoms with Gasteiger partial charge in [-0.1, -0.05) is 37.7 Å². The highest BCUT2D eigenvalue weighted by Gasteiger charge is 2.26. The Morgan fingerprint density at radius 1 is 1.27 bits per heavy atom. The van der Waals surface area contributed by atoms with Gasteiger partial charge in [0.1, 0.15) is 4.83 Å². The van der Waals surface area contributed by atoms with Gasteiger partial charge in [-0.05, 0) is 31.7 Å². The SMILES string of the molecule is CC(Sc1nc2sc3c(c2c(=O)n1C)CCC3)c1nc(C(C)(C)C)no1. The molecule has 138 valence electrons. The third-order valence-electron chi connectivity index (χ3n) is 4.65. The molecule has 0 amide bonds. The van der Waals surface area contributed by atoms with Crippen LogP contribution in [0.1, 0.15) is 61.5 Å². The number of thiophene rings is 1. The fourth-order valence-electron chi connectivity index (χ4n) is 3.12. The van der Waals surface area contributed by atoms with Gasteiger partial charge >= 0.3 is 0 Å². The summed E-state index contributed by atoms with van der Waals surface area (Å²) < 4.78 is 7.09. The monoisotopic (exact) mass is 390 g/mol. The molecule has 0 fully saturated rings. The van der Waals surface area contributed by atoms with E-state index >= 15 is 0 Å². The summed E-state index contributed by atoms with van der Waals surface area (Å²) in [5, 5.41) is 5.51. The van der Waals surface area contributed by atoms with E-state index in [0.717, 1.165) is 29.5 Å². The van der Waals surface area contributed by atoms with Crippen LogP contribution in [-0.4, -0.2) is 19.7 Å². The zero-order valence-electron chi connectivity index (χ0n) is 15.6. The molecule has 1 aliphatic rings. The number of fused-ring (bicyclic) bond motifs is 3. The topological polar surface area (TPSA) is 73.8 Å². The minimum atomic E-state index is -0.159. The van der Waals surface area contributed by atoms with Crippen LogP contribution in [-0.2, 0) is 25.3 Å². The Balaban J connectivity index is 1.68. The smallest absolute Gasteiger partial charge is 0.262 e. The van der Waals surface area contributed by atoms with Gasteiger partial charge in [-0.3, -0.25) is 9.36 Å². The predicted octanol–water partition coefficient (Wildman–Crippen LogP) is 4.02. The highest BCUT2D eigenvalue weighted by atomic mass is 32.2. The molecular formula is C18H22N4O2S2. The number of hydrogen-bond acceptors (Lipinski definition) is 7. The number of rotatable bonds is 3. The summed E-state index contributed by atoms with van der Waals surface area (Å²) in [6, 6.07) is 0. The van der Waals surface area contributed by atoms with Gasteiger partial charge in [0.25, 0.3) is 5.56 Å². The first kappa shape index (κ1) is 17.7. The standard InChI is InChI=1S/C18H22N4O2S2/c1-9(13-19-16(21-24-13)18(2,3)4)25-17-20-14-12(15(23)22(17)5)10-7-6-8-11(10)26-14/h9H,6-8H2,1-5H3. The third-order valence-corrected chi connectivity index (χ3v) is 6.96. The van der Waals surface area contributed by atoms with Crippen molar-refractivity contribution < 1.29 is 4.52 Å². The molecule has 6 nitrogen and oxygen atoms in total. The summed E-state index contributed by atoms with van der Waals surface area (Å²) in [7, 11) is 1.79. The van der Waals surface area contributed by atoms with Crippen molar-refractivity contribution in [1.29, 1.82) is 0 Å². The number of hydrogen-bond donors (Lipinski definition) is 0. The van der Waals surface area contributed by atoms with E-state index in [9.17, 15) is 4.79 Å². The lowest BCUT2D eigenvalue weighted by molar-refractivity contribution is 0.364. The maximum absolute atomic E-state index is 12.9. The zero-order valence-corrected chi connectivity index (χ0v) is 17.3. The zero-order chi connectivity index (χ0) is 18.6. The van der Waals surface area contributed by atoms with E-state index in [1.165, 1.54) is 22.2 Å². The van der Waals surface area contributed by atoms with Crippen molar-refractivity contribution >= 4 is 33.3 Å². The van der Waals surface area contributed by atoms with Crippen LogP contribution < -0.4 is 5.56 Å². The largest absolute Gasteiger partial charge is 0.338 e. The Morgan fingerprint density at radius 2 is 2.04 bits per heavy atom. The average molecular weight is 391 g/mol. The first-order valence-corrected chi connectivity index (χ1v) is 10.5. The van der Waals surface area contributed by atoms with E-state index in [0.29, 0.717) is 16.9 Å². The van der Waals surface area contributed by atoms with Crippen molar-refractivity contribution in [2.45, 2.75) is 62.8 Å². The second-order valence-corrected chi connectivity index (χ2v) is 10.2. The molecule has 1 atom stereocenters. The van der Waals surface area contributed by atoms with Crippen molar-refractivity contribution in [3.8, 4) is 0 Å². The Hall–Kier alpha value is -1.67. The van der Waals surface area contributed by atoms with Gasteiger partial charge < -0.3 is 4.52 Å². The molecule has 0 N–H and O–H groups in total. The quantitative estimate of drug-likeness (QED) is 0.497. The van der Waals surface area contributed by atoms with E-state index in [4.69, 9.17) is 9.51 Å². The van der Waals surface area contributed by atoms with E-state index in [1.807, 2.05) is 6.92 Å². The fraction of sp³-hybridized carbons (Fsp3) is 0.556. The summed E-state index contributed by atoms with van der Waals surface area (Å²) in [4.78, 5) is 24.4. The first-order valence-electron chi connectivity index (χ1n) is 8.77. The van der Waals surface area contributed by atoms with E-state index in [-0.39, 0.29) is 16.2 Å². The number of thioether (sulfide) groups is 1. The maximum atomic E-state index is 12.9. The van der Waals surface area contributed by atoms with Gasteiger partial charge in [0.15, 0.2) is 11.0 Å². The highest BCUT2D eigenvalue weighted by molar-refractivity contribution is 7.99. The summed E-state index contributed by atoms with van der Waals surface area (Å²) in [6.07, 6.45) is 3.20. The van der Waals surface area contributed by atoms with Crippen LogP contribution in [0.15, 0.2) is 14.5 Å². The van der Waals surface area contributed by atoms with Gasteiger partial charge in [-0.15, -0.1) is 11.3 Å². The van der Waals surface area contributed by atoms with E-state index in [2.05, 4.69) is 30.9 Å². The molecule has 8 heteroatoms. The van der Waals surface area contributed by atoms with E-state index < -0.39 is 0 Å². The molecule has 0 aliphatic heterocycles. The molecule has 0 aromatic carbocycles. The van der Waals surface area contributed by atoms with Gasteiger partial charge in [-0.25, -0.2) is 4.98 Å². The average Bonchev–Trinajstić information content (AvgIpc) is 3.26. The summed E-state index contributed by atoms with van der Waals surface area (Å²) in [5.74, 6) is 1.25. The van der Waals surface area contributed by atoms with Crippen molar-refractivity contribution in [3.63, 3.8) is 0 Å². The van der Waals surface area contributed by atoms with Crippen LogP contribution in [0.25, 0.3) is 10.2 Å². The lowest BCUT2D eigenvalue weighted by Gasteiger charge is -2.12. The highest BCUT2D eigenvalue weighted by Crippen LogP contribution is 2.38. The molecule has 3 heterocycles. The summed E-state index contributed by atoms with van der Waals surface area (Å²) in [6.45, 7) is 8.15. The molecule has 3 aromatic rings. The lowest BCUT2D eigenvalue weighted by Crippen LogP contribution is -2.20. The van der Waals surface area contributed by atoms with Crippen LogP contribution in [0.2, 0.25) is 0 Å². The third kappa shape index (κ3) is 2.89. The second kappa shape index (κ2) is 6.20. The Bertz CT molecular complexity index is 1040. The van der Waals surface area contributed by atoms with Crippen LogP contribution in [0.4, 0.5) is 0 Å². The molecule has 0 saturated heterocycles. The Kier molecular flexibility index (Phi) is 4.23. The number of nitrogens with zero attached hydrogens (tertiary/aromatic N) is 4. The first-order chi connectivity index (χ1) is 12.3. The molecular weight excluding hydrogens is 368 g/mol. The molecule has 0 radical (unpaired) electrons. The maximum Gasteiger partial charge on any atom is 0.262 e. The van der Waals surface area contributed by atoms with Gasteiger partial charge in [-0.2, -0.15) is 4.98 Å². The molecule has 4 rings (SSSR count). The fourth-order valence-corrected chi connectivity index (χ4v) is 5.33. The van der Waals surface area contributed by atoms with Gasteiger partial charge in [0, 0.05) is 17.3 Å². The minimum absolute atomic E-state index is 0.0463. The Morgan fingerprint density at radius 3 is 2.73 bits per heavy atom. The molecule has 0 saturated carbocycles.